The van der Waals surface area contributed by atoms with E-state index in [0.29, 0.717) is 13.2 Å². The van der Waals surface area contributed by atoms with Gasteiger partial charge in [-0.1, -0.05) is 6.07 Å². The fraction of sp³-hybridized carbons (Fsp3) is 0.500. The molecule has 1 aromatic rings. The summed E-state index contributed by atoms with van der Waals surface area (Å²) >= 11 is 0. The van der Waals surface area contributed by atoms with Gasteiger partial charge in [0.05, 0.1) is 0 Å². The molecule has 0 amide bonds. The molecule has 3 heteroatoms. The summed E-state index contributed by atoms with van der Waals surface area (Å²) < 4.78 is 5.48. The Hall–Kier alpha value is -1.22. The van der Waals surface area contributed by atoms with E-state index in [1.807, 2.05) is 12.1 Å². The molecule has 0 saturated heterocycles. The van der Waals surface area contributed by atoms with Gasteiger partial charge in [-0.15, -0.1) is 0 Å². The van der Waals surface area contributed by atoms with Gasteiger partial charge in [-0.05, 0) is 26.0 Å². The standard InChI is InChI=1S/C12H20N2O/c1-3-14(4-2)11-6-5-7-12(10-11)15-9-8-13/h5-7,10H,3-4,8-9,13H2,1-2H3. The zero-order valence-electron chi connectivity index (χ0n) is 9.57. The third-order valence-corrected chi connectivity index (χ3v) is 2.33. The Labute approximate surface area is 91.8 Å². The van der Waals surface area contributed by atoms with Crippen LogP contribution >= 0.6 is 0 Å². The summed E-state index contributed by atoms with van der Waals surface area (Å²) in [6.07, 6.45) is 0. The van der Waals surface area contributed by atoms with Gasteiger partial charge in [-0.3, -0.25) is 0 Å². The van der Waals surface area contributed by atoms with Crippen molar-refractivity contribution in [2.75, 3.05) is 31.1 Å². The lowest BCUT2D eigenvalue weighted by atomic mass is 10.2. The molecule has 0 atom stereocenters. The number of nitrogens with zero attached hydrogens (tertiary/aromatic N) is 1. The molecule has 0 spiro atoms. The van der Waals surface area contributed by atoms with Crippen molar-refractivity contribution in [3.05, 3.63) is 24.3 Å². The van der Waals surface area contributed by atoms with Crippen LogP contribution in [0.4, 0.5) is 5.69 Å². The molecule has 1 aromatic carbocycles. The van der Waals surface area contributed by atoms with E-state index in [1.165, 1.54) is 5.69 Å². The fourth-order valence-electron chi connectivity index (χ4n) is 1.54. The predicted molar refractivity (Wildman–Crippen MR) is 64.6 cm³/mol. The van der Waals surface area contributed by atoms with Gasteiger partial charge in [0.25, 0.3) is 0 Å². The smallest absolute Gasteiger partial charge is 0.121 e. The number of hydrogen-bond donors (Lipinski definition) is 1. The van der Waals surface area contributed by atoms with Crippen molar-refractivity contribution >= 4 is 5.69 Å². The summed E-state index contributed by atoms with van der Waals surface area (Å²) in [6, 6.07) is 8.13. The molecule has 0 aromatic heterocycles. The van der Waals surface area contributed by atoms with E-state index in [-0.39, 0.29) is 0 Å². The molecule has 15 heavy (non-hydrogen) atoms. The number of hydrogen-bond acceptors (Lipinski definition) is 3. The molecule has 0 aliphatic heterocycles. The summed E-state index contributed by atoms with van der Waals surface area (Å²) in [4.78, 5) is 2.29. The molecular formula is C12H20N2O. The minimum Gasteiger partial charge on any atom is -0.492 e. The van der Waals surface area contributed by atoms with Crippen LogP contribution in [0.15, 0.2) is 24.3 Å². The zero-order chi connectivity index (χ0) is 11.1. The molecule has 0 fully saturated rings. The number of rotatable bonds is 6. The molecule has 0 aliphatic rings. The topological polar surface area (TPSA) is 38.5 Å². The van der Waals surface area contributed by atoms with Gasteiger partial charge in [0.1, 0.15) is 12.4 Å². The van der Waals surface area contributed by atoms with Gasteiger partial charge in [0.2, 0.25) is 0 Å². The van der Waals surface area contributed by atoms with E-state index in [2.05, 4.69) is 30.9 Å². The van der Waals surface area contributed by atoms with E-state index in [9.17, 15) is 0 Å². The molecule has 1 rings (SSSR count). The number of anilines is 1. The lowest BCUT2D eigenvalue weighted by Crippen LogP contribution is -2.21. The Morgan fingerprint density at radius 1 is 1.27 bits per heavy atom. The van der Waals surface area contributed by atoms with Gasteiger partial charge in [-0.2, -0.15) is 0 Å². The van der Waals surface area contributed by atoms with Crippen LogP contribution < -0.4 is 15.4 Å². The molecule has 0 unspecified atom stereocenters. The van der Waals surface area contributed by atoms with Crippen LogP contribution in [-0.2, 0) is 0 Å². The van der Waals surface area contributed by atoms with Crippen molar-refractivity contribution in [2.45, 2.75) is 13.8 Å². The number of ether oxygens (including phenoxy) is 1. The number of benzene rings is 1. The molecule has 0 radical (unpaired) electrons. The highest BCUT2D eigenvalue weighted by Crippen LogP contribution is 2.20. The Morgan fingerprint density at radius 3 is 2.60 bits per heavy atom. The molecular weight excluding hydrogens is 188 g/mol. The second-order valence-corrected chi connectivity index (χ2v) is 3.31. The van der Waals surface area contributed by atoms with E-state index >= 15 is 0 Å². The molecule has 0 bridgehead atoms. The largest absolute Gasteiger partial charge is 0.492 e. The lowest BCUT2D eigenvalue weighted by molar-refractivity contribution is 0.328. The first-order valence-electron chi connectivity index (χ1n) is 5.49. The zero-order valence-corrected chi connectivity index (χ0v) is 9.57. The third-order valence-electron chi connectivity index (χ3n) is 2.33. The maximum atomic E-state index is 5.48. The Bertz CT molecular complexity index is 285. The molecule has 0 heterocycles. The highest BCUT2D eigenvalue weighted by atomic mass is 16.5. The van der Waals surface area contributed by atoms with Gasteiger partial charge in [-0.25, -0.2) is 0 Å². The second kappa shape index (κ2) is 6.30. The normalized spacial score (nSPS) is 10.1. The fourth-order valence-corrected chi connectivity index (χ4v) is 1.54. The van der Waals surface area contributed by atoms with Crippen LogP contribution in [0.25, 0.3) is 0 Å². The monoisotopic (exact) mass is 208 g/mol. The van der Waals surface area contributed by atoms with Crippen LogP contribution in [0.1, 0.15) is 13.8 Å². The van der Waals surface area contributed by atoms with Crippen LogP contribution in [0.3, 0.4) is 0 Å². The first-order chi connectivity index (χ1) is 7.31. The molecule has 3 nitrogen and oxygen atoms in total. The number of nitrogens with two attached hydrogens (primary N) is 1. The van der Waals surface area contributed by atoms with Gasteiger partial charge >= 0.3 is 0 Å². The Kier molecular flexibility index (Phi) is 4.98. The predicted octanol–water partition coefficient (Wildman–Crippen LogP) is 1.87. The SMILES string of the molecule is CCN(CC)c1cccc(OCCN)c1. The van der Waals surface area contributed by atoms with Gasteiger partial charge in [0, 0.05) is 31.4 Å². The quantitative estimate of drug-likeness (QED) is 0.775. The first-order valence-corrected chi connectivity index (χ1v) is 5.49. The lowest BCUT2D eigenvalue weighted by Gasteiger charge is -2.21. The minimum absolute atomic E-state index is 0.551. The first kappa shape index (κ1) is 11.9. The maximum absolute atomic E-state index is 5.48. The van der Waals surface area contributed by atoms with Crippen molar-refractivity contribution in [1.29, 1.82) is 0 Å². The summed E-state index contributed by atoms with van der Waals surface area (Å²) in [7, 11) is 0. The van der Waals surface area contributed by atoms with Gasteiger partial charge in [0.15, 0.2) is 0 Å². The summed E-state index contributed by atoms with van der Waals surface area (Å²) in [6.45, 7) is 7.44. The van der Waals surface area contributed by atoms with Crippen LogP contribution in [-0.4, -0.2) is 26.2 Å². The Morgan fingerprint density at radius 2 is 2.00 bits per heavy atom. The molecule has 0 saturated carbocycles. The third kappa shape index (κ3) is 3.44. The van der Waals surface area contributed by atoms with E-state index in [1.54, 1.807) is 0 Å². The van der Waals surface area contributed by atoms with Crippen molar-refractivity contribution in [3.8, 4) is 5.75 Å². The summed E-state index contributed by atoms with van der Waals surface area (Å²) in [5, 5.41) is 0. The minimum atomic E-state index is 0.551. The molecule has 2 N–H and O–H groups in total. The van der Waals surface area contributed by atoms with E-state index in [0.717, 1.165) is 18.8 Å². The Balaban J connectivity index is 2.72. The van der Waals surface area contributed by atoms with Crippen LogP contribution in [0, 0.1) is 0 Å². The van der Waals surface area contributed by atoms with Crippen molar-refractivity contribution in [3.63, 3.8) is 0 Å². The van der Waals surface area contributed by atoms with Gasteiger partial charge < -0.3 is 15.4 Å². The van der Waals surface area contributed by atoms with Crippen molar-refractivity contribution in [2.24, 2.45) is 5.73 Å². The highest BCUT2D eigenvalue weighted by molar-refractivity contribution is 5.50. The van der Waals surface area contributed by atoms with E-state index in [4.69, 9.17) is 10.5 Å². The van der Waals surface area contributed by atoms with Crippen LogP contribution in [0.2, 0.25) is 0 Å². The van der Waals surface area contributed by atoms with Crippen molar-refractivity contribution < 1.29 is 4.74 Å². The maximum Gasteiger partial charge on any atom is 0.121 e. The summed E-state index contributed by atoms with van der Waals surface area (Å²) in [5.41, 5.74) is 6.59. The van der Waals surface area contributed by atoms with E-state index < -0.39 is 0 Å². The highest BCUT2D eigenvalue weighted by Gasteiger charge is 2.02. The van der Waals surface area contributed by atoms with Crippen molar-refractivity contribution in [1.82, 2.24) is 0 Å². The average Bonchev–Trinajstić information content (AvgIpc) is 2.29. The average molecular weight is 208 g/mol. The second-order valence-electron chi connectivity index (χ2n) is 3.31. The van der Waals surface area contributed by atoms with Crippen LogP contribution in [0.5, 0.6) is 5.75 Å². The molecule has 84 valence electrons. The molecule has 0 aliphatic carbocycles. The summed E-state index contributed by atoms with van der Waals surface area (Å²) in [5.74, 6) is 0.893.